The van der Waals surface area contributed by atoms with Gasteiger partial charge < -0.3 is 20.1 Å². The van der Waals surface area contributed by atoms with E-state index < -0.39 is 0 Å². The summed E-state index contributed by atoms with van der Waals surface area (Å²) in [7, 11) is 1.59. The Morgan fingerprint density at radius 1 is 0.889 bits per heavy atom. The number of amides is 1. The Kier molecular flexibility index (Phi) is 5.94. The Hall–Kier alpha value is -3.47. The fraction of sp³-hybridized carbons (Fsp3) is 0.136. The number of rotatable bonds is 7. The van der Waals surface area contributed by atoms with Crippen molar-refractivity contribution in [3.63, 3.8) is 0 Å². The van der Waals surface area contributed by atoms with Gasteiger partial charge in [0.1, 0.15) is 11.5 Å². The molecule has 0 atom stereocenters. The van der Waals surface area contributed by atoms with Gasteiger partial charge in [-0.25, -0.2) is 0 Å². The summed E-state index contributed by atoms with van der Waals surface area (Å²) in [6, 6.07) is 22.3. The van der Waals surface area contributed by atoms with Gasteiger partial charge in [-0.1, -0.05) is 12.1 Å². The molecule has 0 bridgehead atoms. The molecule has 0 saturated carbocycles. The topological polar surface area (TPSA) is 59.6 Å². The van der Waals surface area contributed by atoms with Crippen LogP contribution in [0.15, 0.2) is 72.8 Å². The first-order valence-electron chi connectivity index (χ1n) is 8.74. The Morgan fingerprint density at radius 3 is 2.22 bits per heavy atom. The molecule has 3 aromatic rings. The number of carbonyl (C=O) groups excluding carboxylic acids is 1. The minimum Gasteiger partial charge on any atom is -0.497 e. The molecule has 27 heavy (non-hydrogen) atoms. The van der Waals surface area contributed by atoms with Crippen LogP contribution in [0.3, 0.4) is 0 Å². The van der Waals surface area contributed by atoms with E-state index in [4.69, 9.17) is 9.47 Å². The van der Waals surface area contributed by atoms with Gasteiger partial charge in [0, 0.05) is 16.9 Å². The molecule has 0 saturated heterocycles. The molecule has 5 heteroatoms. The van der Waals surface area contributed by atoms with Gasteiger partial charge in [0.2, 0.25) is 0 Å². The lowest BCUT2D eigenvalue weighted by Gasteiger charge is -2.13. The first-order valence-corrected chi connectivity index (χ1v) is 8.74. The van der Waals surface area contributed by atoms with Gasteiger partial charge in [-0.2, -0.15) is 0 Å². The van der Waals surface area contributed by atoms with Crippen molar-refractivity contribution in [3.8, 4) is 11.5 Å². The third-order valence-electron chi connectivity index (χ3n) is 3.96. The predicted octanol–water partition coefficient (Wildman–Crippen LogP) is 5.09. The molecule has 0 aromatic heterocycles. The number of hydrogen-bond donors (Lipinski definition) is 2. The highest BCUT2D eigenvalue weighted by molar-refractivity contribution is 6.04. The summed E-state index contributed by atoms with van der Waals surface area (Å²) >= 11 is 0. The number of hydrogen-bond acceptors (Lipinski definition) is 4. The quantitative estimate of drug-likeness (QED) is 0.615. The smallest absolute Gasteiger partial charge is 0.255 e. The van der Waals surface area contributed by atoms with Crippen molar-refractivity contribution in [2.45, 2.75) is 6.92 Å². The van der Waals surface area contributed by atoms with Crippen LogP contribution in [0, 0.1) is 0 Å². The number of nitrogens with one attached hydrogen (secondary N) is 2. The van der Waals surface area contributed by atoms with Gasteiger partial charge in [0.15, 0.2) is 0 Å². The van der Waals surface area contributed by atoms with Gasteiger partial charge >= 0.3 is 0 Å². The molecule has 3 rings (SSSR count). The molecular formula is C22H22N2O3. The van der Waals surface area contributed by atoms with Crippen LogP contribution in [0.2, 0.25) is 0 Å². The molecule has 0 aliphatic rings. The van der Waals surface area contributed by atoms with E-state index in [0.717, 1.165) is 22.8 Å². The van der Waals surface area contributed by atoms with Crippen LogP contribution in [0.25, 0.3) is 0 Å². The molecule has 0 spiro atoms. The van der Waals surface area contributed by atoms with Crippen LogP contribution in [0.1, 0.15) is 17.3 Å². The summed E-state index contributed by atoms with van der Waals surface area (Å²) in [5, 5.41) is 6.22. The van der Waals surface area contributed by atoms with Gasteiger partial charge in [0.05, 0.1) is 19.4 Å². The minimum absolute atomic E-state index is 0.167. The highest BCUT2D eigenvalue weighted by Gasteiger charge is 2.07. The Morgan fingerprint density at radius 2 is 1.56 bits per heavy atom. The second-order valence-corrected chi connectivity index (χ2v) is 5.81. The molecule has 2 N–H and O–H groups in total. The fourth-order valence-corrected chi connectivity index (χ4v) is 2.59. The van der Waals surface area contributed by atoms with Crippen molar-refractivity contribution in [1.29, 1.82) is 0 Å². The van der Waals surface area contributed by atoms with Crippen LogP contribution in [0.5, 0.6) is 11.5 Å². The Labute approximate surface area is 158 Å². The van der Waals surface area contributed by atoms with Crippen LogP contribution in [-0.4, -0.2) is 19.6 Å². The maximum absolute atomic E-state index is 12.3. The van der Waals surface area contributed by atoms with Crippen LogP contribution >= 0.6 is 0 Å². The van der Waals surface area contributed by atoms with E-state index in [9.17, 15) is 4.79 Å². The molecule has 0 fully saturated rings. The van der Waals surface area contributed by atoms with E-state index in [2.05, 4.69) is 10.6 Å². The molecule has 0 aliphatic carbocycles. The zero-order chi connectivity index (χ0) is 19.1. The number of carbonyl (C=O) groups is 1. The monoisotopic (exact) mass is 362 g/mol. The average molecular weight is 362 g/mol. The lowest BCUT2D eigenvalue weighted by Crippen LogP contribution is -2.11. The molecular weight excluding hydrogens is 340 g/mol. The first-order chi connectivity index (χ1) is 13.2. The number of benzene rings is 3. The summed E-state index contributed by atoms with van der Waals surface area (Å²) < 4.78 is 10.7. The Bertz CT molecular complexity index is 890. The Balaban J connectivity index is 1.65. The van der Waals surface area contributed by atoms with Crippen molar-refractivity contribution < 1.29 is 14.3 Å². The molecule has 0 unspecified atom stereocenters. The molecule has 3 aromatic carbocycles. The van der Waals surface area contributed by atoms with E-state index in [1.807, 2.05) is 55.5 Å². The van der Waals surface area contributed by atoms with E-state index in [1.54, 1.807) is 31.4 Å². The van der Waals surface area contributed by atoms with Crippen molar-refractivity contribution in [3.05, 3.63) is 78.4 Å². The van der Waals surface area contributed by atoms with Crippen molar-refractivity contribution >= 4 is 23.0 Å². The highest BCUT2D eigenvalue weighted by atomic mass is 16.5. The lowest BCUT2D eigenvalue weighted by molar-refractivity contribution is 0.102. The maximum atomic E-state index is 12.3. The van der Waals surface area contributed by atoms with E-state index in [0.29, 0.717) is 17.9 Å². The van der Waals surface area contributed by atoms with Crippen LogP contribution in [0.4, 0.5) is 17.1 Å². The number of ether oxygens (including phenoxy) is 2. The second kappa shape index (κ2) is 8.76. The third kappa shape index (κ3) is 4.79. The van der Waals surface area contributed by atoms with Gasteiger partial charge in [-0.3, -0.25) is 4.79 Å². The standard InChI is InChI=1S/C22H22N2O3/c1-3-27-21-7-5-4-6-20(21)23-17-10-12-18(13-11-17)24-22(25)16-8-14-19(26-2)15-9-16/h4-15,23H,3H2,1-2H3,(H,24,25). The molecule has 5 nitrogen and oxygen atoms in total. The summed E-state index contributed by atoms with van der Waals surface area (Å²) in [5.41, 5.74) is 3.10. The largest absolute Gasteiger partial charge is 0.497 e. The van der Waals surface area contributed by atoms with Crippen molar-refractivity contribution in [2.75, 3.05) is 24.4 Å². The summed E-state index contributed by atoms with van der Waals surface area (Å²) in [4.78, 5) is 12.3. The fourth-order valence-electron chi connectivity index (χ4n) is 2.59. The lowest BCUT2D eigenvalue weighted by atomic mass is 10.2. The molecule has 0 aliphatic heterocycles. The predicted molar refractivity (Wildman–Crippen MR) is 108 cm³/mol. The van der Waals surface area contributed by atoms with Crippen molar-refractivity contribution in [1.82, 2.24) is 0 Å². The molecule has 0 radical (unpaired) electrons. The summed E-state index contributed by atoms with van der Waals surface area (Å²) in [6.07, 6.45) is 0. The van der Waals surface area contributed by atoms with E-state index in [1.165, 1.54) is 0 Å². The van der Waals surface area contributed by atoms with Gasteiger partial charge in [0.25, 0.3) is 5.91 Å². The number of para-hydroxylation sites is 2. The first kappa shape index (κ1) is 18.3. The highest BCUT2D eigenvalue weighted by Crippen LogP contribution is 2.28. The normalized spacial score (nSPS) is 10.1. The van der Waals surface area contributed by atoms with E-state index in [-0.39, 0.29) is 5.91 Å². The maximum Gasteiger partial charge on any atom is 0.255 e. The number of anilines is 3. The second-order valence-electron chi connectivity index (χ2n) is 5.81. The zero-order valence-corrected chi connectivity index (χ0v) is 15.4. The van der Waals surface area contributed by atoms with Crippen molar-refractivity contribution in [2.24, 2.45) is 0 Å². The SMILES string of the molecule is CCOc1ccccc1Nc1ccc(NC(=O)c2ccc(OC)cc2)cc1. The van der Waals surface area contributed by atoms with Gasteiger partial charge in [-0.15, -0.1) is 0 Å². The summed E-state index contributed by atoms with van der Waals surface area (Å²) in [5.74, 6) is 1.35. The van der Waals surface area contributed by atoms with Gasteiger partial charge in [-0.05, 0) is 67.6 Å². The van der Waals surface area contributed by atoms with Crippen LogP contribution in [-0.2, 0) is 0 Å². The molecule has 138 valence electrons. The molecule has 0 heterocycles. The van der Waals surface area contributed by atoms with E-state index >= 15 is 0 Å². The molecule has 1 amide bonds. The zero-order valence-electron chi connectivity index (χ0n) is 15.4. The minimum atomic E-state index is -0.167. The third-order valence-corrected chi connectivity index (χ3v) is 3.96. The summed E-state index contributed by atoms with van der Waals surface area (Å²) in [6.45, 7) is 2.56. The number of methoxy groups -OCH3 is 1. The average Bonchev–Trinajstić information content (AvgIpc) is 2.71. The van der Waals surface area contributed by atoms with Crippen LogP contribution < -0.4 is 20.1 Å².